The number of likely N-dealkylation sites (tertiary alicyclic amines) is 1. The second-order valence-corrected chi connectivity index (χ2v) is 11.3. The summed E-state index contributed by atoms with van der Waals surface area (Å²) in [6.07, 6.45) is 8.76. The van der Waals surface area contributed by atoms with Crippen molar-refractivity contribution in [3.05, 3.63) is 75.4 Å². The quantitative estimate of drug-likeness (QED) is 0.243. The molecule has 1 aromatic carbocycles. The molecule has 5 aromatic rings. The van der Waals surface area contributed by atoms with Crippen molar-refractivity contribution < 1.29 is 4.74 Å². The van der Waals surface area contributed by atoms with Crippen molar-refractivity contribution in [1.82, 2.24) is 39.4 Å². The van der Waals surface area contributed by atoms with Gasteiger partial charge in [-0.05, 0) is 69.6 Å². The summed E-state index contributed by atoms with van der Waals surface area (Å²) in [5.41, 5.74) is 0.996. The van der Waals surface area contributed by atoms with E-state index >= 15 is 0 Å². The molecule has 0 bridgehead atoms. The topological polar surface area (TPSA) is 116 Å². The SMILES string of the molecule is CN1CCC(CCn2cc(Oc3ccc(Nc4ncc5cc(-c6c(Cl)cccc6Cl)c(=O)n(C)c5n4)nn3)cn2)CC1. The summed E-state index contributed by atoms with van der Waals surface area (Å²) < 4.78 is 9.19. The zero-order valence-electron chi connectivity index (χ0n) is 23.2. The highest BCUT2D eigenvalue weighted by atomic mass is 35.5. The molecule has 1 aliphatic rings. The van der Waals surface area contributed by atoms with Crippen LogP contribution in [-0.4, -0.2) is 59.5 Å². The van der Waals surface area contributed by atoms with Crippen molar-refractivity contribution in [2.45, 2.75) is 25.8 Å². The van der Waals surface area contributed by atoms with E-state index in [0.717, 1.165) is 32.0 Å². The van der Waals surface area contributed by atoms with Crippen LogP contribution in [0, 0.1) is 5.92 Å². The fraction of sp³-hybridized carbons (Fsp3) is 0.310. The molecule has 0 saturated carbocycles. The van der Waals surface area contributed by atoms with Crippen LogP contribution in [0.4, 0.5) is 11.8 Å². The van der Waals surface area contributed by atoms with Crippen LogP contribution in [0.25, 0.3) is 22.2 Å². The van der Waals surface area contributed by atoms with Gasteiger partial charge >= 0.3 is 0 Å². The first-order chi connectivity index (χ1) is 20.3. The van der Waals surface area contributed by atoms with Gasteiger partial charge in [0.1, 0.15) is 5.65 Å². The van der Waals surface area contributed by atoms with Crippen LogP contribution in [0.2, 0.25) is 10.0 Å². The molecule has 1 aliphatic heterocycles. The highest BCUT2D eigenvalue weighted by molar-refractivity contribution is 6.39. The van der Waals surface area contributed by atoms with E-state index in [0.29, 0.717) is 49.7 Å². The predicted octanol–water partition coefficient (Wildman–Crippen LogP) is 5.56. The number of fused-ring (bicyclic) bond motifs is 1. The maximum absolute atomic E-state index is 13.2. The second-order valence-electron chi connectivity index (χ2n) is 10.4. The van der Waals surface area contributed by atoms with Crippen LogP contribution < -0.4 is 15.6 Å². The molecule has 0 atom stereocenters. The Bertz CT molecular complexity index is 1760. The number of anilines is 2. The molecule has 6 rings (SSSR count). The van der Waals surface area contributed by atoms with Crippen molar-refractivity contribution in [3.8, 4) is 22.8 Å². The summed E-state index contributed by atoms with van der Waals surface area (Å²) in [6.45, 7) is 3.18. The number of hydrogen-bond donors (Lipinski definition) is 1. The monoisotopic (exact) mass is 605 g/mol. The van der Waals surface area contributed by atoms with Gasteiger partial charge in [0.25, 0.3) is 5.56 Å². The second kappa shape index (κ2) is 12.0. The lowest BCUT2D eigenvalue weighted by Gasteiger charge is -2.28. The average Bonchev–Trinajstić information content (AvgIpc) is 3.43. The number of aryl methyl sites for hydroxylation is 2. The Balaban J connectivity index is 1.11. The molecular formula is C29H29Cl2N9O2. The molecule has 0 aliphatic carbocycles. The third-order valence-electron chi connectivity index (χ3n) is 7.50. The minimum Gasteiger partial charge on any atom is -0.434 e. The van der Waals surface area contributed by atoms with Gasteiger partial charge in [-0.25, -0.2) is 4.98 Å². The van der Waals surface area contributed by atoms with E-state index in [4.69, 9.17) is 27.9 Å². The average molecular weight is 607 g/mol. The third-order valence-corrected chi connectivity index (χ3v) is 8.13. The van der Waals surface area contributed by atoms with E-state index in [9.17, 15) is 4.79 Å². The van der Waals surface area contributed by atoms with Crippen molar-refractivity contribution in [2.75, 3.05) is 25.5 Å². The van der Waals surface area contributed by atoms with Gasteiger partial charge in [-0.3, -0.25) is 14.0 Å². The van der Waals surface area contributed by atoms with Gasteiger partial charge in [0, 0.05) is 36.8 Å². The molecule has 1 saturated heterocycles. The molecule has 5 heterocycles. The van der Waals surface area contributed by atoms with Crippen LogP contribution in [0.5, 0.6) is 11.6 Å². The van der Waals surface area contributed by atoms with E-state index < -0.39 is 0 Å². The Morgan fingerprint density at radius 2 is 1.83 bits per heavy atom. The molecule has 0 spiro atoms. The van der Waals surface area contributed by atoms with Crippen LogP contribution in [0.1, 0.15) is 19.3 Å². The first-order valence-electron chi connectivity index (χ1n) is 13.6. The Labute approximate surface area is 252 Å². The highest BCUT2D eigenvalue weighted by Crippen LogP contribution is 2.34. The van der Waals surface area contributed by atoms with Crippen molar-refractivity contribution >= 4 is 46.0 Å². The van der Waals surface area contributed by atoms with Crippen molar-refractivity contribution in [2.24, 2.45) is 13.0 Å². The molecule has 0 unspecified atom stereocenters. The molecule has 216 valence electrons. The molecule has 0 radical (unpaired) electrons. The number of hydrogen-bond acceptors (Lipinski definition) is 9. The minimum atomic E-state index is -0.284. The summed E-state index contributed by atoms with van der Waals surface area (Å²) in [7, 11) is 3.81. The lowest BCUT2D eigenvalue weighted by Crippen LogP contribution is -2.30. The number of piperidine rings is 1. The summed E-state index contributed by atoms with van der Waals surface area (Å²) in [6, 6.07) is 10.2. The van der Waals surface area contributed by atoms with E-state index in [-0.39, 0.29) is 11.5 Å². The van der Waals surface area contributed by atoms with E-state index in [2.05, 4.69) is 42.5 Å². The summed E-state index contributed by atoms with van der Waals surface area (Å²) >= 11 is 12.7. The van der Waals surface area contributed by atoms with Crippen LogP contribution in [0.15, 0.2) is 59.8 Å². The molecule has 13 heteroatoms. The van der Waals surface area contributed by atoms with Crippen LogP contribution in [0.3, 0.4) is 0 Å². The van der Waals surface area contributed by atoms with Crippen molar-refractivity contribution in [3.63, 3.8) is 0 Å². The molecule has 0 amide bonds. The number of halogens is 2. The fourth-order valence-corrected chi connectivity index (χ4v) is 5.70. The summed E-state index contributed by atoms with van der Waals surface area (Å²) in [4.78, 5) is 24.5. The van der Waals surface area contributed by atoms with Gasteiger partial charge in [0.15, 0.2) is 11.6 Å². The number of pyridine rings is 1. The number of ether oxygens (including phenoxy) is 1. The number of benzene rings is 1. The van der Waals surface area contributed by atoms with Crippen molar-refractivity contribution in [1.29, 1.82) is 0 Å². The standard InChI is InChI=1S/C29H29Cl2N9O2/c1-38-11-8-18(9-12-38)10-13-40-17-20(16-33-40)42-25-7-6-24(36-37-25)34-29-32-15-19-14-21(28(41)39(2)27(19)35-29)26-22(30)4-3-5-23(26)31/h3-7,14-18H,8-13H2,1-2H3,(H,32,34,35,36). The maximum atomic E-state index is 13.2. The fourth-order valence-electron chi connectivity index (χ4n) is 5.10. The molecule has 1 N–H and O–H groups in total. The highest BCUT2D eigenvalue weighted by Gasteiger charge is 2.18. The number of rotatable bonds is 8. The first-order valence-corrected chi connectivity index (χ1v) is 14.4. The lowest BCUT2D eigenvalue weighted by atomic mass is 9.94. The van der Waals surface area contributed by atoms with Gasteiger partial charge in [-0.1, -0.05) is 29.3 Å². The molecular weight excluding hydrogens is 577 g/mol. The van der Waals surface area contributed by atoms with Crippen LogP contribution in [-0.2, 0) is 13.6 Å². The first kappa shape index (κ1) is 28.1. The predicted molar refractivity (Wildman–Crippen MR) is 163 cm³/mol. The van der Waals surface area contributed by atoms with Gasteiger partial charge in [-0.2, -0.15) is 10.1 Å². The Morgan fingerprint density at radius 3 is 2.57 bits per heavy atom. The van der Waals surface area contributed by atoms with Crippen LogP contribution >= 0.6 is 23.2 Å². The maximum Gasteiger partial charge on any atom is 0.259 e. The number of aromatic nitrogens is 7. The normalized spacial score (nSPS) is 14.4. The molecule has 4 aromatic heterocycles. The van der Waals surface area contributed by atoms with Gasteiger partial charge < -0.3 is 15.0 Å². The Kier molecular flexibility index (Phi) is 8.05. The van der Waals surface area contributed by atoms with E-state index in [1.807, 2.05) is 10.9 Å². The van der Waals surface area contributed by atoms with E-state index in [1.54, 1.807) is 55.8 Å². The zero-order valence-corrected chi connectivity index (χ0v) is 24.7. The third kappa shape index (κ3) is 6.08. The summed E-state index contributed by atoms with van der Waals surface area (Å²) in [5, 5.41) is 17.2. The minimum absolute atomic E-state index is 0.259. The molecule has 11 nitrogen and oxygen atoms in total. The van der Waals surface area contributed by atoms with Gasteiger partial charge in [0.05, 0.1) is 28.0 Å². The Morgan fingerprint density at radius 1 is 1.05 bits per heavy atom. The molecule has 1 fully saturated rings. The molecule has 42 heavy (non-hydrogen) atoms. The largest absolute Gasteiger partial charge is 0.434 e. The Hall–Kier alpha value is -4.06. The lowest BCUT2D eigenvalue weighted by molar-refractivity contribution is 0.206. The number of nitrogens with one attached hydrogen (secondary N) is 1. The summed E-state index contributed by atoms with van der Waals surface area (Å²) in [5.74, 6) is 2.35. The smallest absolute Gasteiger partial charge is 0.259 e. The van der Waals surface area contributed by atoms with Gasteiger partial charge in [0.2, 0.25) is 11.8 Å². The zero-order chi connectivity index (χ0) is 29.2. The van der Waals surface area contributed by atoms with E-state index in [1.165, 1.54) is 17.4 Å². The number of nitrogens with zero attached hydrogens (tertiary/aromatic N) is 8. The van der Waals surface area contributed by atoms with Gasteiger partial charge in [-0.15, -0.1) is 10.2 Å².